The Morgan fingerprint density at radius 3 is 2.70 bits per heavy atom. The minimum absolute atomic E-state index is 0.0461. The average Bonchev–Trinajstić information content (AvgIpc) is 3.21. The fourth-order valence-electron chi connectivity index (χ4n) is 1.65. The van der Waals surface area contributed by atoms with Crippen molar-refractivity contribution in [3.63, 3.8) is 0 Å². The molecule has 0 aliphatic rings. The summed E-state index contributed by atoms with van der Waals surface area (Å²) in [6.07, 6.45) is -0.0308. The van der Waals surface area contributed by atoms with Gasteiger partial charge in [-0.3, -0.25) is 14.4 Å². The first kappa shape index (κ1) is 16.9. The van der Waals surface area contributed by atoms with Crippen LogP contribution in [0, 0.1) is 11.3 Å². The maximum absolute atomic E-state index is 11.7. The Kier molecular flexibility index (Phi) is 6.02. The van der Waals surface area contributed by atoms with Crippen LogP contribution >= 0.6 is 22.7 Å². The van der Waals surface area contributed by atoms with Gasteiger partial charge in [-0.2, -0.15) is 5.26 Å². The molecule has 0 fully saturated rings. The van der Waals surface area contributed by atoms with Gasteiger partial charge in [-0.15, -0.1) is 22.7 Å². The molecule has 0 spiro atoms. The number of nitriles is 1. The number of carbonyl (C=O) groups excluding carboxylic acids is 3. The summed E-state index contributed by atoms with van der Waals surface area (Å²) in [6.45, 7) is -0.450. The summed E-state index contributed by atoms with van der Waals surface area (Å²) in [5, 5.41) is 15.2. The van der Waals surface area contributed by atoms with Crippen molar-refractivity contribution >= 4 is 45.3 Å². The van der Waals surface area contributed by atoms with Crippen LogP contribution in [0.15, 0.2) is 29.0 Å². The second-order valence-corrected chi connectivity index (χ2v) is 6.25. The van der Waals surface area contributed by atoms with E-state index in [1.54, 1.807) is 29.0 Å². The highest BCUT2D eigenvalue weighted by Gasteiger charge is 2.13. The van der Waals surface area contributed by atoms with Crippen molar-refractivity contribution < 1.29 is 19.1 Å². The van der Waals surface area contributed by atoms with Crippen LogP contribution in [-0.4, -0.2) is 24.3 Å². The highest BCUT2D eigenvalue weighted by molar-refractivity contribution is 7.14. The molecule has 2 heterocycles. The number of amides is 1. The van der Waals surface area contributed by atoms with Crippen LogP contribution in [0.1, 0.15) is 28.1 Å². The molecule has 0 aliphatic carbocycles. The summed E-state index contributed by atoms with van der Waals surface area (Å²) in [5.41, 5.74) is 0.358. The van der Waals surface area contributed by atoms with Crippen molar-refractivity contribution in [1.82, 2.24) is 0 Å². The molecule has 8 heteroatoms. The first-order valence-corrected chi connectivity index (χ1v) is 8.36. The molecule has 6 nitrogen and oxygen atoms in total. The van der Waals surface area contributed by atoms with Crippen molar-refractivity contribution in [2.24, 2.45) is 0 Å². The minimum Gasteiger partial charge on any atom is -0.456 e. The monoisotopic (exact) mass is 348 g/mol. The van der Waals surface area contributed by atoms with Crippen LogP contribution < -0.4 is 5.32 Å². The Bertz CT molecular complexity index is 744. The number of carbonyl (C=O) groups is 3. The van der Waals surface area contributed by atoms with Crippen LogP contribution in [0.2, 0.25) is 0 Å². The van der Waals surface area contributed by atoms with Crippen LogP contribution in [0.3, 0.4) is 0 Å². The zero-order chi connectivity index (χ0) is 16.7. The fraction of sp³-hybridized carbons (Fsp3) is 0.200. The molecule has 2 rings (SSSR count). The second-order valence-electron chi connectivity index (χ2n) is 4.38. The van der Waals surface area contributed by atoms with E-state index >= 15 is 0 Å². The number of nitrogens with one attached hydrogen (secondary N) is 1. The number of Topliss-reactive ketones (excluding diaryl/α,β-unsaturated/α-hetero) is 1. The normalized spacial score (nSPS) is 9.87. The highest BCUT2D eigenvalue weighted by Crippen LogP contribution is 2.21. The summed E-state index contributed by atoms with van der Waals surface area (Å²) in [6, 6.07) is 6.99. The van der Waals surface area contributed by atoms with Crippen LogP contribution in [-0.2, 0) is 14.3 Å². The van der Waals surface area contributed by atoms with E-state index in [-0.39, 0.29) is 18.6 Å². The third-order valence-electron chi connectivity index (χ3n) is 2.76. The number of ketones is 1. The fourth-order valence-corrected chi connectivity index (χ4v) is 3.10. The lowest BCUT2D eigenvalue weighted by Gasteiger charge is -2.05. The van der Waals surface area contributed by atoms with Gasteiger partial charge in [0.1, 0.15) is 11.1 Å². The number of nitrogens with zero attached hydrogens (tertiary/aromatic N) is 1. The van der Waals surface area contributed by atoms with E-state index < -0.39 is 18.5 Å². The topological polar surface area (TPSA) is 96.3 Å². The summed E-state index contributed by atoms with van der Waals surface area (Å²) >= 11 is 2.53. The molecule has 0 atom stereocenters. The van der Waals surface area contributed by atoms with E-state index in [1.165, 1.54) is 22.7 Å². The maximum Gasteiger partial charge on any atom is 0.306 e. The molecule has 1 N–H and O–H groups in total. The molecule has 23 heavy (non-hydrogen) atoms. The summed E-state index contributed by atoms with van der Waals surface area (Å²) in [5.74, 6) is -1.27. The Labute approximate surface area is 140 Å². The molecular formula is C15H12N2O4S2. The second kappa shape index (κ2) is 8.22. The van der Waals surface area contributed by atoms with E-state index in [1.807, 2.05) is 6.07 Å². The van der Waals surface area contributed by atoms with Crippen molar-refractivity contribution in [3.8, 4) is 6.07 Å². The highest BCUT2D eigenvalue weighted by atomic mass is 32.1. The van der Waals surface area contributed by atoms with Gasteiger partial charge >= 0.3 is 5.97 Å². The lowest BCUT2D eigenvalue weighted by molar-refractivity contribution is -0.147. The molecule has 118 valence electrons. The molecule has 0 unspecified atom stereocenters. The van der Waals surface area contributed by atoms with Crippen molar-refractivity contribution in [3.05, 3.63) is 39.4 Å². The summed E-state index contributed by atoms with van der Waals surface area (Å²) < 4.78 is 4.82. The average molecular weight is 348 g/mol. The maximum atomic E-state index is 11.7. The third-order valence-corrected chi connectivity index (χ3v) is 4.50. The van der Waals surface area contributed by atoms with Crippen LogP contribution in [0.25, 0.3) is 0 Å². The number of rotatable bonds is 7. The van der Waals surface area contributed by atoms with Gasteiger partial charge in [0.05, 0.1) is 16.9 Å². The van der Waals surface area contributed by atoms with E-state index in [9.17, 15) is 14.4 Å². The lowest BCUT2D eigenvalue weighted by atomic mass is 10.2. The number of ether oxygens (including phenoxy) is 1. The summed E-state index contributed by atoms with van der Waals surface area (Å²) in [4.78, 5) is 35.5. The third kappa shape index (κ3) is 5.02. The Hall–Kier alpha value is -2.50. The zero-order valence-corrected chi connectivity index (χ0v) is 13.5. The number of hydrogen-bond acceptors (Lipinski definition) is 7. The Morgan fingerprint density at radius 1 is 1.17 bits per heavy atom. The van der Waals surface area contributed by atoms with Gasteiger partial charge < -0.3 is 10.1 Å². The number of esters is 1. The molecule has 1 amide bonds. The van der Waals surface area contributed by atoms with Crippen LogP contribution in [0.4, 0.5) is 5.00 Å². The number of thiophene rings is 2. The van der Waals surface area contributed by atoms with E-state index in [4.69, 9.17) is 10.00 Å². The van der Waals surface area contributed by atoms with Crippen molar-refractivity contribution in [2.45, 2.75) is 12.8 Å². The molecule has 2 aromatic heterocycles. The van der Waals surface area contributed by atoms with Gasteiger partial charge in [-0.05, 0) is 22.9 Å². The van der Waals surface area contributed by atoms with Gasteiger partial charge in [0.2, 0.25) is 0 Å². The van der Waals surface area contributed by atoms with Crippen molar-refractivity contribution in [1.29, 1.82) is 5.26 Å². The minimum atomic E-state index is -0.614. The SMILES string of the molecule is N#Cc1ccsc1NC(=O)COC(=O)CCC(=O)c1cccs1. The van der Waals surface area contributed by atoms with E-state index in [0.717, 1.165) is 0 Å². The molecule has 0 aliphatic heterocycles. The zero-order valence-electron chi connectivity index (χ0n) is 11.9. The summed E-state index contributed by atoms with van der Waals surface area (Å²) in [7, 11) is 0. The predicted molar refractivity (Wildman–Crippen MR) is 86.5 cm³/mol. The quantitative estimate of drug-likeness (QED) is 0.613. The van der Waals surface area contributed by atoms with Gasteiger partial charge in [0.25, 0.3) is 5.91 Å². The Balaban J connectivity index is 1.71. The molecule has 2 aromatic rings. The smallest absolute Gasteiger partial charge is 0.306 e. The molecular weight excluding hydrogens is 336 g/mol. The first-order valence-electron chi connectivity index (χ1n) is 6.60. The van der Waals surface area contributed by atoms with Crippen molar-refractivity contribution in [2.75, 3.05) is 11.9 Å². The van der Waals surface area contributed by atoms with E-state index in [2.05, 4.69) is 5.32 Å². The van der Waals surface area contributed by atoms with Crippen LogP contribution in [0.5, 0.6) is 0 Å². The molecule has 0 saturated carbocycles. The lowest BCUT2D eigenvalue weighted by Crippen LogP contribution is -2.21. The van der Waals surface area contributed by atoms with E-state index in [0.29, 0.717) is 15.4 Å². The standard InChI is InChI=1S/C15H12N2O4S2/c16-8-10-5-7-23-15(10)17-13(19)9-21-14(20)4-3-11(18)12-2-1-6-22-12/h1-2,5-7H,3-4,9H2,(H,17,19). The van der Waals surface area contributed by atoms with Gasteiger partial charge in [-0.25, -0.2) is 0 Å². The molecule has 0 saturated heterocycles. The molecule has 0 aromatic carbocycles. The van der Waals surface area contributed by atoms with Gasteiger partial charge in [-0.1, -0.05) is 6.07 Å². The first-order chi connectivity index (χ1) is 11.1. The van der Waals surface area contributed by atoms with Gasteiger partial charge in [0.15, 0.2) is 12.4 Å². The largest absolute Gasteiger partial charge is 0.456 e. The predicted octanol–water partition coefficient (Wildman–Crippen LogP) is 2.83. The van der Waals surface area contributed by atoms with Gasteiger partial charge in [0, 0.05) is 6.42 Å². The number of anilines is 1. The Morgan fingerprint density at radius 2 is 2.00 bits per heavy atom. The molecule has 0 bridgehead atoms. The number of hydrogen-bond donors (Lipinski definition) is 1. The molecule has 0 radical (unpaired) electrons.